The molecule has 1 amide bonds. The average molecular weight is 460 g/mol. The zero-order valence-corrected chi connectivity index (χ0v) is 19.0. The Balaban J connectivity index is 1.31. The zero-order valence-electron chi connectivity index (χ0n) is 19.0. The first-order valence-corrected chi connectivity index (χ1v) is 11.4. The number of rotatable bonds is 10. The highest BCUT2D eigenvalue weighted by Crippen LogP contribution is 2.32. The van der Waals surface area contributed by atoms with Gasteiger partial charge in [-0.2, -0.15) is 8.78 Å². The number of methoxy groups -OCH3 is 1. The lowest BCUT2D eigenvalue weighted by Gasteiger charge is -2.35. The lowest BCUT2D eigenvalue weighted by molar-refractivity contribution is -0.134. The number of alkyl halides is 2. The van der Waals surface area contributed by atoms with E-state index in [9.17, 15) is 13.6 Å². The van der Waals surface area contributed by atoms with E-state index in [4.69, 9.17) is 4.74 Å². The quantitative estimate of drug-likeness (QED) is 0.543. The van der Waals surface area contributed by atoms with E-state index in [1.807, 2.05) is 11.0 Å². The molecule has 0 N–H and O–H groups in total. The minimum Gasteiger partial charge on any atom is -0.493 e. The van der Waals surface area contributed by atoms with Crippen LogP contribution < -0.4 is 9.47 Å². The first-order valence-electron chi connectivity index (χ1n) is 11.4. The van der Waals surface area contributed by atoms with Crippen LogP contribution in [0.1, 0.15) is 24.0 Å². The van der Waals surface area contributed by atoms with E-state index in [1.165, 1.54) is 18.7 Å². The molecule has 0 bridgehead atoms. The molecule has 1 heterocycles. The highest BCUT2D eigenvalue weighted by molar-refractivity contribution is 5.79. The van der Waals surface area contributed by atoms with Crippen LogP contribution in [0.25, 0.3) is 0 Å². The first-order chi connectivity index (χ1) is 16.0. The van der Waals surface area contributed by atoms with Crippen molar-refractivity contribution in [3.05, 3.63) is 59.7 Å². The molecule has 8 heteroatoms. The van der Waals surface area contributed by atoms with Gasteiger partial charge in [0.15, 0.2) is 11.5 Å². The van der Waals surface area contributed by atoms with Crippen LogP contribution in [-0.4, -0.2) is 73.1 Å². The van der Waals surface area contributed by atoms with Crippen LogP contribution >= 0.6 is 0 Å². The Morgan fingerprint density at radius 2 is 1.70 bits per heavy atom. The van der Waals surface area contributed by atoms with E-state index >= 15 is 0 Å². The fourth-order valence-electron chi connectivity index (χ4n) is 4.24. The molecular weight excluding hydrogens is 428 g/mol. The molecule has 0 unspecified atom stereocenters. The topological polar surface area (TPSA) is 45.2 Å². The second-order valence-electron chi connectivity index (χ2n) is 8.65. The van der Waals surface area contributed by atoms with E-state index in [-0.39, 0.29) is 23.4 Å². The molecule has 0 atom stereocenters. The number of amides is 1. The van der Waals surface area contributed by atoms with Crippen molar-refractivity contribution >= 4 is 5.91 Å². The number of ether oxygens (including phenoxy) is 2. The summed E-state index contributed by atoms with van der Waals surface area (Å²) in [5.74, 6) is 0.348. The van der Waals surface area contributed by atoms with Crippen molar-refractivity contribution in [2.45, 2.75) is 38.6 Å². The lowest BCUT2D eigenvalue weighted by Crippen LogP contribution is -2.50. The number of halogens is 2. The van der Waals surface area contributed by atoms with Crippen molar-refractivity contribution in [3.8, 4) is 11.5 Å². The molecule has 33 heavy (non-hydrogen) atoms. The number of hydrogen-bond donors (Lipinski definition) is 0. The third-order valence-corrected chi connectivity index (χ3v) is 6.18. The van der Waals surface area contributed by atoms with Crippen LogP contribution in [0.15, 0.2) is 48.5 Å². The molecule has 0 aromatic heterocycles. The largest absolute Gasteiger partial charge is 0.493 e. The van der Waals surface area contributed by atoms with Gasteiger partial charge in [0, 0.05) is 45.3 Å². The van der Waals surface area contributed by atoms with Crippen LogP contribution in [0.5, 0.6) is 11.5 Å². The van der Waals surface area contributed by atoms with E-state index in [1.54, 1.807) is 12.1 Å². The number of carbonyl (C=O) groups is 1. The van der Waals surface area contributed by atoms with Crippen molar-refractivity contribution in [2.75, 3.05) is 39.8 Å². The third-order valence-electron chi connectivity index (χ3n) is 6.18. The van der Waals surface area contributed by atoms with Gasteiger partial charge in [-0.1, -0.05) is 36.4 Å². The summed E-state index contributed by atoms with van der Waals surface area (Å²) in [5.41, 5.74) is 2.14. The summed E-state index contributed by atoms with van der Waals surface area (Å²) >= 11 is 0. The molecule has 0 radical (unpaired) electrons. The summed E-state index contributed by atoms with van der Waals surface area (Å²) in [4.78, 5) is 19.7. The summed E-state index contributed by atoms with van der Waals surface area (Å²) in [6.07, 6.45) is 2.00. The monoisotopic (exact) mass is 459 g/mol. The highest BCUT2D eigenvalue weighted by Gasteiger charge is 2.33. The molecule has 6 nitrogen and oxygen atoms in total. The van der Waals surface area contributed by atoms with E-state index < -0.39 is 6.61 Å². The van der Waals surface area contributed by atoms with Crippen molar-refractivity contribution in [3.63, 3.8) is 0 Å². The van der Waals surface area contributed by atoms with Crippen molar-refractivity contribution in [1.29, 1.82) is 0 Å². The van der Waals surface area contributed by atoms with E-state index in [2.05, 4.69) is 38.8 Å². The van der Waals surface area contributed by atoms with Gasteiger partial charge in [0.1, 0.15) is 0 Å². The van der Waals surface area contributed by atoms with Crippen molar-refractivity contribution in [1.82, 2.24) is 14.7 Å². The Hall–Kier alpha value is -2.71. The average Bonchev–Trinajstić information content (AvgIpc) is 3.65. The van der Waals surface area contributed by atoms with Crippen LogP contribution in [-0.2, 0) is 17.9 Å². The minimum atomic E-state index is -2.91. The van der Waals surface area contributed by atoms with Gasteiger partial charge in [0.25, 0.3) is 0 Å². The summed E-state index contributed by atoms with van der Waals surface area (Å²) in [6.45, 7) is 2.46. The van der Waals surface area contributed by atoms with E-state index in [0.717, 1.165) is 51.1 Å². The summed E-state index contributed by atoms with van der Waals surface area (Å²) < 4.78 is 34.9. The predicted octanol–water partition coefficient (Wildman–Crippen LogP) is 3.61. The first kappa shape index (κ1) is 23.4. The van der Waals surface area contributed by atoms with Crippen LogP contribution in [0.2, 0.25) is 0 Å². The molecule has 1 saturated carbocycles. The smallest absolute Gasteiger partial charge is 0.387 e. The number of carbonyl (C=O) groups excluding carboxylic acids is 1. The van der Waals surface area contributed by atoms with Crippen molar-refractivity contribution in [2.24, 2.45) is 0 Å². The number of benzene rings is 2. The summed E-state index contributed by atoms with van der Waals surface area (Å²) in [6, 6.07) is 15.5. The second kappa shape index (κ2) is 10.9. The zero-order chi connectivity index (χ0) is 23.2. The molecule has 0 spiro atoms. The Labute approximate surface area is 193 Å². The van der Waals surface area contributed by atoms with Gasteiger partial charge in [-0.05, 0) is 36.1 Å². The molecule has 178 valence electrons. The van der Waals surface area contributed by atoms with Crippen LogP contribution in [0, 0.1) is 0 Å². The van der Waals surface area contributed by atoms with Gasteiger partial charge in [-0.3, -0.25) is 14.6 Å². The summed E-state index contributed by atoms with van der Waals surface area (Å²) in [5, 5.41) is 0. The van der Waals surface area contributed by atoms with Gasteiger partial charge in [0.2, 0.25) is 5.91 Å². The maximum Gasteiger partial charge on any atom is 0.387 e. The van der Waals surface area contributed by atoms with Crippen molar-refractivity contribution < 1.29 is 23.0 Å². The van der Waals surface area contributed by atoms with Gasteiger partial charge in [-0.25, -0.2) is 0 Å². The molecule has 2 aromatic rings. The summed E-state index contributed by atoms with van der Waals surface area (Å²) in [7, 11) is 1.42. The maximum atomic E-state index is 13.2. The number of nitrogens with zero attached hydrogens (tertiary/aromatic N) is 3. The Kier molecular flexibility index (Phi) is 7.77. The number of hydrogen-bond acceptors (Lipinski definition) is 5. The standard InChI is InChI=1S/C25H31F2N3O3/c1-32-23-15-20(7-10-22(23)33-25(26)27)17-30(21-8-9-21)24(31)18-29-13-11-28(12-14-29)16-19-5-3-2-4-6-19/h2-7,10,15,21,25H,8-9,11-14,16-18H2,1H3. The third kappa shape index (κ3) is 6.65. The number of piperazine rings is 1. The predicted molar refractivity (Wildman–Crippen MR) is 121 cm³/mol. The molecule has 2 fully saturated rings. The molecule has 4 rings (SSSR count). The van der Waals surface area contributed by atoms with Crippen LogP contribution in [0.3, 0.4) is 0 Å². The Morgan fingerprint density at radius 3 is 2.33 bits per heavy atom. The molecular formula is C25H31F2N3O3. The Morgan fingerprint density at radius 1 is 1.00 bits per heavy atom. The van der Waals surface area contributed by atoms with Crippen LogP contribution in [0.4, 0.5) is 8.78 Å². The fourth-order valence-corrected chi connectivity index (χ4v) is 4.24. The van der Waals surface area contributed by atoms with E-state index in [0.29, 0.717) is 13.1 Å². The lowest BCUT2D eigenvalue weighted by atomic mass is 10.1. The molecule has 1 saturated heterocycles. The molecule has 2 aliphatic rings. The van der Waals surface area contributed by atoms with Gasteiger partial charge >= 0.3 is 6.61 Å². The van der Waals surface area contributed by atoms with Gasteiger partial charge in [0.05, 0.1) is 13.7 Å². The molecule has 2 aromatic carbocycles. The van der Waals surface area contributed by atoms with Gasteiger partial charge < -0.3 is 14.4 Å². The van der Waals surface area contributed by atoms with Gasteiger partial charge in [-0.15, -0.1) is 0 Å². The normalized spacial score (nSPS) is 17.2. The second-order valence-corrected chi connectivity index (χ2v) is 8.65. The minimum absolute atomic E-state index is 0.00563. The SMILES string of the molecule is COc1cc(CN(C(=O)CN2CCN(Cc3ccccc3)CC2)C2CC2)ccc1OC(F)F. The molecule has 1 aliphatic heterocycles. The Bertz CT molecular complexity index is 916. The molecule has 1 aliphatic carbocycles. The highest BCUT2D eigenvalue weighted by atomic mass is 19.3. The fraction of sp³-hybridized carbons (Fsp3) is 0.480. The maximum absolute atomic E-state index is 13.2.